The van der Waals surface area contributed by atoms with Gasteiger partial charge in [-0.2, -0.15) is 0 Å². The molecular weight excluding hydrogens is 248 g/mol. The Labute approximate surface area is 105 Å². The van der Waals surface area contributed by atoms with Crippen LogP contribution in [-0.2, 0) is 9.84 Å². The lowest BCUT2D eigenvalue weighted by Crippen LogP contribution is -2.29. The molecule has 1 unspecified atom stereocenters. The van der Waals surface area contributed by atoms with Gasteiger partial charge in [-0.3, -0.25) is 0 Å². The molecule has 1 N–H and O–H groups in total. The monoisotopic (exact) mass is 270 g/mol. The summed E-state index contributed by atoms with van der Waals surface area (Å²) >= 11 is 0. The van der Waals surface area contributed by atoms with E-state index in [1.807, 2.05) is 7.05 Å². The molecule has 1 atom stereocenters. The molecule has 0 aliphatic carbocycles. The van der Waals surface area contributed by atoms with E-state index in [1.165, 1.54) is 6.42 Å². The molecular formula is C10H23ClN2O2S. The van der Waals surface area contributed by atoms with Crippen LogP contribution in [0, 0.1) is 5.92 Å². The molecule has 0 radical (unpaired) electrons. The number of likely N-dealkylation sites (tertiary alicyclic amines) is 1. The lowest BCUT2D eigenvalue weighted by atomic mass is 10.1. The summed E-state index contributed by atoms with van der Waals surface area (Å²) in [6, 6.07) is 0. The van der Waals surface area contributed by atoms with Gasteiger partial charge in [0.1, 0.15) is 0 Å². The second-order valence-corrected chi connectivity index (χ2v) is 6.72. The van der Waals surface area contributed by atoms with Gasteiger partial charge in [-0.1, -0.05) is 6.92 Å². The van der Waals surface area contributed by atoms with Crippen molar-refractivity contribution in [3.63, 3.8) is 0 Å². The molecule has 0 aromatic heterocycles. The third-order valence-corrected chi connectivity index (χ3v) is 4.71. The lowest BCUT2D eigenvalue weighted by molar-refractivity contribution is 0.341. The first-order chi connectivity index (χ1) is 7.07. The summed E-state index contributed by atoms with van der Waals surface area (Å²) in [6.45, 7) is 5.54. The Morgan fingerprint density at radius 1 is 1.44 bits per heavy atom. The highest BCUT2D eigenvalue weighted by molar-refractivity contribution is 7.91. The number of hydrogen-bond donors (Lipinski definition) is 1. The number of nitrogens with one attached hydrogen (secondary N) is 1. The van der Waals surface area contributed by atoms with Crippen molar-refractivity contribution < 1.29 is 8.42 Å². The minimum absolute atomic E-state index is 0. The van der Waals surface area contributed by atoms with Crippen LogP contribution < -0.4 is 5.32 Å². The van der Waals surface area contributed by atoms with Crippen LogP contribution in [-0.4, -0.2) is 58.1 Å². The third-order valence-electron chi connectivity index (χ3n) is 3.02. The van der Waals surface area contributed by atoms with Crippen molar-refractivity contribution >= 4 is 22.2 Å². The zero-order valence-electron chi connectivity index (χ0n) is 10.1. The molecule has 1 rings (SSSR count). The standard InChI is InChI=1S/C10H22N2O2S.ClH/c1-3-15(13,14)7-6-12-5-4-10(9-12)8-11-2;/h10-11H,3-9H2,1-2H3;1H. The highest BCUT2D eigenvalue weighted by Crippen LogP contribution is 2.14. The van der Waals surface area contributed by atoms with Gasteiger partial charge in [0.2, 0.25) is 0 Å². The highest BCUT2D eigenvalue weighted by atomic mass is 35.5. The van der Waals surface area contributed by atoms with E-state index < -0.39 is 9.84 Å². The van der Waals surface area contributed by atoms with Crippen molar-refractivity contribution in [3.8, 4) is 0 Å². The minimum atomic E-state index is -2.79. The van der Waals surface area contributed by atoms with Crippen LogP contribution in [0.5, 0.6) is 0 Å². The molecule has 0 amide bonds. The molecule has 0 aromatic carbocycles. The van der Waals surface area contributed by atoms with E-state index in [4.69, 9.17) is 0 Å². The summed E-state index contributed by atoms with van der Waals surface area (Å²) in [5.41, 5.74) is 0. The van der Waals surface area contributed by atoms with E-state index in [2.05, 4.69) is 10.2 Å². The fraction of sp³-hybridized carbons (Fsp3) is 1.00. The zero-order chi connectivity index (χ0) is 11.3. The van der Waals surface area contributed by atoms with Crippen molar-refractivity contribution in [2.45, 2.75) is 13.3 Å². The fourth-order valence-electron chi connectivity index (χ4n) is 1.98. The van der Waals surface area contributed by atoms with Gasteiger partial charge >= 0.3 is 0 Å². The Morgan fingerprint density at radius 2 is 2.12 bits per heavy atom. The third kappa shape index (κ3) is 5.48. The van der Waals surface area contributed by atoms with E-state index >= 15 is 0 Å². The van der Waals surface area contributed by atoms with Gasteiger partial charge in [0, 0.05) is 18.8 Å². The molecule has 1 aliphatic rings. The van der Waals surface area contributed by atoms with Gasteiger partial charge in [-0.15, -0.1) is 12.4 Å². The number of halogens is 1. The van der Waals surface area contributed by atoms with Crippen LogP contribution in [0.4, 0.5) is 0 Å². The smallest absolute Gasteiger partial charge is 0.151 e. The van der Waals surface area contributed by atoms with Gasteiger partial charge in [-0.05, 0) is 32.5 Å². The number of hydrogen-bond acceptors (Lipinski definition) is 4. The van der Waals surface area contributed by atoms with Crippen molar-refractivity contribution in [2.24, 2.45) is 5.92 Å². The topological polar surface area (TPSA) is 49.4 Å². The van der Waals surface area contributed by atoms with Crippen molar-refractivity contribution in [1.82, 2.24) is 10.2 Å². The molecule has 1 fully saturated rings. The normalized spacial score (nSPS) is 22.0. The van der Waals surface area contributed by atoms with Crippen LogP contribution in [0.1, 0.15) is 13.3 Å². The van der Waals surface area contributed by atoms with Crippen LogP contribution >= 0.6 is 12.4 Å². The minimum Gasteiger partial charge on any atom is -0.319 e. The van der Waals surface area contributed by atoms with E-state index in [0.717, 1.165) is 19.6 Å². The fourth-order valence-corrected chi connectivity index (χ4v) is 2.81. The average Bonchev–Trinajstić information content (AvgIpc) is 2.64. The zero-order valence-corrected chi connectivity index (χ0v) is 11.7. The summed E-state index contributed by atoms with van der Waals surface area (Å²) < 4.78 is 22.6. The van der Waals surface area contributed by atoms with Gasteiger partial charge in [-0.25, -0.2) is 8.42 Å². The van der Waals surface area contributed by atoms with E-state index in [0.29, 0.717) is 18.2 Å². The maximum absolute atomic E-state index is 11.3. The molecule has 98 valence electrons. The maximum atomic E-state index is 11.3. The summed E-state index contributed by atoms with van der Waals surface area (Å²) in [5.74, 6) is 1.27. The molecule has 1 saturated heterocycles. The predicted molar refractivity (Wildman–Crippen MR) is 70.0 cm³/mol. The predicted octanol–water partition coefficient (Wildman–Crippen LogP) is 0.384. The van der Waals surface area contributed by atoms with Crippen molar-refractivity contribution in [3.05, 3.63) is 0 Å². The molecule has 6 heteroatoms. The summed E-state index contributed by atoms with van der Waals surface area (Å²) in [6.07, 6.45) is 1.19. The van der Waals surface area contributed by atoms with E-state index in [1.54, 1.807) is 6.92 Å². The maximum Gasteiger partial charge on any atom is 0.151 e. The Hall–Kier alpha value is 0.160. The molecule has 4 nitrogen and oxygen atoms in total. The van der Waals surface area contributed by atoms with Gasteiger partial charge in [0.25, 0.3) is 0 Å². The number of rotatable bonds is 6. The van der Waals surface area contributed by atoms with Crippen LogP contribution in [0.3, 0.4) is 0 Å². The van der Waals surface area contributed by atoms with E-state index in [-0.39, 0.29) is 18.2 Å². The summed E-state index contributed by atoms with van der Waals surface area (Å²) in [5, 5.41) is 3.17. The molecule has 1 heterocycles. The Morgan fingerprint density at radius 3 is 2.69 bits per heavy atom. The first-order valence-corrected chi connectivity index (χ1v) is 7.47. The molecule has 0 spiro atoms. The van der Waals surface area contributed by atoms with Gasteiger partial charge < -0.3 is 10.2 Å². The van der Waals surface area contributed by atoms with Crippen LogP contribution in [0.15, 0.2) is 0 Å². The van der Waals surface area contributed by atoms with Crippen LogP contribution in [0.2, 0.25) is 0 Å². The molecule has 0 saturated carbocycles. The second kappa shape index (κ2) is 7.48. The first-order valence-electron chi connectivity index (χ1n) is 5.64. The van der Waals surface area contributed by atoms with Gasteiger partial charge in [0.05, 0.1) is 5.75 Å². The Kier molecular flexibility index (Phi) is 7.55. The quantitative estimate of drug-likeness (QED) is 0.758. The summed E-state index contributed by atoms with van der Waals surface area (Å²) in [7, 11) is -0.832. The molecule has 0 bridgehead atoms. The molecule has 0 aromatic rings. The Bertz CT molecular complexity index is 283. The molecule has 16 heavy (non-hydrogen) atoms. The largest absolute Gasteiger partial charge is 0.319 e. The lowest BCUT2D eigenvalue weighted by Gasteiger charge is -2.15. The van der Waals surface area contributed by atoms with Crippen molar-refractivity contribution in [2.75, 3.05) is 44.7 Å². The molecule has 1 aliphatic heterocycles. The second-order valence-electron chi connectivity index (χ2n) is 4.25. The van der Waals surface area contributed by atoms with E-state index in [9.17, 15) is 8.42 Å². The highest BCUT2D eigenvalue weighted by Gasteiger charge is 2.22. The van der Waals surface area contributed by atoms with Crippen LogP contribution in [0.25, 0.3) is 0 Å². The van der Waals surface area contributed by atoms with Gasteiger partial charge in [0.15, 0.2) is 9.84 Å². The first kappa shape index (κ1) is 16.2. The van der Waals surface area contributed by atoms with Crippen molar-refractivity contribution in [1.29, 1.82) is 0 Å². The number of sulfone groups is 1. The Balaban J connectivity index is 0.00000225. The number of nitrogens with zero attached hydrogens (tertiary/aromatic N) is 1. The summed E-state index contributed by atoms with van der Waals surface area (Å²) in [4.78, 5) is 2.26. The SMILES string of the molecule is CCS(=O)(=O)CCN1CCC(CNC)C1.Cl. The average molecular weight is 271 g/mol.